The molecule has 2 unspecified atom stereocenters. The zero-order valence-corrected chi connectivity index (χ0v) is 24.2. The number of methoxy groups -OCH3 is 1. The molecule has 3 aromatic carbocycles. The van der Waals surface area contributed by atoms with Crippen LogP contribution in [0.15, 0.2) is 66.7 Å². The fourth-order valence-electron chi connectivity index (χ4n) is 5.78. The van der Waals surface area contributed by atoms with Crippen LogP contribution in [0.2, 0.25) is 0 Å². The highest BCUT2D eigenvalue weighted by Gasteiger charge is 2.47. The van der Waals surface area contributed by atoms with Crippen molar-refractivity contribution in [3.8, 4) is 11.5 Å². The molecule has 41 heavy (non-hydrogen) atoms. The lowest BCUT2D eigenvalue weighted by molar-refractivity contribution is -0.141. The van der Waals surface area contributed by atoms with Crippen LogP contribution in [0, 0.1) is 11.7 Å². The topological polar surface area (TPSA) is 66.0 Å². The van der Waals surface area contributed by atoms with Crippen LogP contribution in [0.25, 0.3) is 0 Å². The molecule has 218 valence electrons. The van der Waals surface area contributed by atoms with E-state index in [-0.39, 0.29) is 5.56 Å². The Balaban J connectivity index is 1.38. The Hall–Kier alpha value is -3.58. The monoisotopic (exact) mass is 561 g/mol. The van der Waals surface area contributed by atoms with Gasteiger partial charge in [-0.2, -0.15) is 0 Å². The standard InChI is InChI=1S/C34H40FNO5/c1-34(2)32(40-33(37)25-11-13-26(35)14-12-25)31(39-20-19-23-7-5-4-6-8-23)29-21-27(15-18-30(29)41-34)36-22-24-9-16-28(38-3)17-10-24/h9-18,21,23,31-32,36H,4-8,19-20,22H2,1-3H3. The molecule has 6 nitrogen and oxygen atoms in total. The Morgan fingerprint density at radius 3 is 2.44 bits per heavy atom. The summed E-state index contributed by atoms with van der Waals surface area (Å²) in [4.78, 5) is 13.2. The number of hydrogen-bond acceptors (Lipinski definition) is 6. The van der Waals surface area contributed by atoms with Gasteiger partial charge >= 0.3 is 5.97 Å². The molecule has 1 fully saturated rings. The molecule has 1 heterocycles. The number of benzene rings is 3. The van der Waals surface area contributed by atoms with Crippen molar-refractivity contribution in [3.05, 3.63) is 89.2 Å². The third-order valence-corrected chi connectivity index (χ3v) is 8.17. The van der Waals surface area contributed by atoms with Crippen LogP contribution >= 0.6 is 0 Å². The summed E-state index contributed by atoms with van der Waals surface area (Å²) in [5.74, 6) is 1.24. The van der Waals surface area contributed by atoms with Crippen molar-refractivity contribution in [1.29, 1.82) is 0 Å². The smallest absolute Gasteiger partial charge is 0.338 e. The Morgan fingerprint density at radius 2 is 1.73 bits per heavy atom. The largest absolute Gasteiger partial charge is 0.497 e. The van der Waals surface area contributed by atoms with Crippen molar-refractivity contribution >= 4 is 11.7 Å². The van der Waals surface area contributed by atoms with Gasteiger partial charge in [0.05, 0.1) is 12.7 Å². The van der Waals surface area contributed by atoms with Crippen LogP contribution in [0.1, 0.15) is 80.0 Å². The average Bonchev–Trinajstić information content (AvgIpc) is 2.98. The normalized spacial score (nSPS) is 20.0. The van der Waals surface area contributed by atoms with E-state index in [0.717, 1.165) is 29.0 Å². The molecule has 3 aromatic rings. The maximum Gasteiger partial charge on any atom is 0.338 e. The molecule has 0 saturated heterocycles. The molecule has 1 saturated carbocycles. The highest BCUT2D eigenvalue weighted by Crippen LogP contribution is 2.45. The zero-order valence-electron chi connectivity index (χ0n) is 24.2. The highest BCUT2D eigenvalue weighted by atomic mass is 19.1. The molecule has 2 aliphatic rings. The first-order valence-electron chi connectivity index (χ1n) is 14.6. The minimum absolute atomic E-state index is 0.281. The van der Waals surface area contributed by atoms with Crippen molar-refractivity contribution in [2.45, 2.75) is 76.7 Å². The summed E-state index contributed by atoms with van der Waals surface area (Å²) in [5.41, 5.74) is 2.30. The van der Waals surface area contributed by atoms with Crippen LogP contribution < -0.4 is 14.8 Å². The van der Waals surface area contributed by atoms with E-state index in [1.807, 2.05) is 56.3 Å². The molecule has 1 N–H and O–H groups in total. The quantitative estimate of drug-likeness (QED) is 0.254. The Kier molecular flexibility index (Phi) is 9.13. The van der Waals surface area contributed by atoms with E-state index < -0.39 is 29.6 Å². The minimum Gasteiger partial charge on any atom is -0.497 e. The number of fused-ring (bicyclic) bond motifs is 1. The molecule has 0 radical (unpaired) electrons. The number of carbonyl (C=O) groups excluding carboxylic acids is 1. The van der Waals surface area contributed by atoms with Crippen LogP contribution in [-0.2, 0) is 16.0 Å². The molecule has 0 spiro atoms. The van der Waals surface area contributed by atoms with E-state index in [2.05, 4.69) is 5.32 Å². The van der Waals surface area contributed by atoms with E-state index >= 15 is 0 Å². The lowest BCUT2D eigenvalue weighted by Gasteiger charge is -2.44. The first-order chi connectivity index (χ1) is 19.8. The van der Waals surface area contributed by atoms with Crippen LogP contribution in [0.4, 0.5) is 10.1 Å². The summed E-state index contributed by atoms with van der Waals surface area (Å²) >= 11 is 0. The van der Waals surface area contributed by atoms with Crippen molar-refractivity contribution in [3.63, 3.8) is 0 Å². The lowest BCUT2D eigenvalue weighted by atomic mass is 9.86. The zero-order chi connectivity index (χ0) is 28.8. The number of ether oxygens (including phenoxy) is 4. The second-order valence-electron chi connectivity index (χ2n) is 11.6. The summed E-state index contributed by atoms with van der Waals surface area (Å²) in [6.45, 7) is 5.02. The van der Waals surface area contributed by atoms with E-state index in [1.165, 1.54) is 56.4 Å². The first-order valence-corrected chi connectivity index (χ1v) is 14.6. The number of carbonyl (C=O) groups is 1. The number of nitrogens with one attached hydrogen (secondary N) is 1. The van der Waals surface area contributed by atoms with Gasteiger partial charge in [0.1, 0.15) is 29.0 Å². The highest BCUT2D eigenvalue weighted by molar-refractivity contribution is 5.89. The van der Waals surface area contributed by atoms with E-state index in [4.69, 9.17) is 18.9 Å². The van der Waals surface area contributed by atoms with Crippen molar-refractivity contribution in [2.24, 2.45) is 5.92 Å². The molecule has 1 aliphatic carbocycles. The second kappa shape index (κ2) is 12.9. The van der Waals surface area contributed by atoms with Crippen molar-refractivity contribution in [2.75, 3.05) is 19.0 Å². The van der Waals surface area contributed by atoms with Gasteiger partial charge in [-0.05, 0) is 86.3 Å². The number of rotatable bonds is 10. The molecular weight excluding hydrogens is 521 g/mol. The number of esters is 1. The van der Waals surface area contributed by atoms with Gasteiger partial charge in [-0.15, -0.1) is 0 Å². The molecule has 0 bridgehead atoms. The van der Waals surface area contributed by atoms with Gasteiger partial charge in [0.15, 0.2) is 6.10 Å². The molecule has 5 rings (SSSR count). The average molecular weight is 562 g/mol. The predicted molar refractivity (Wildman–Crippen MR) is 157 cm³/mol. The molecule has 1 aliphatic heterocycles. The van der Waals surface area contributed by atoms with Gasteiger partial charge in [-0.3, -0.25) is 0 Å². The van der Waals surface area contributed by atoms with E-state index in [0.29, 0.717) is 24.8 Å². The van der Waals surface area contributed by atoms with Gasteiger partial charge in [0, 0.05) is 24.4 Å². The van der Waals surface area contributed by atoms with Gasteiger partial charge < -0.3 is 24.3 Å². The van der Waals surface area contributed by atoms with Crippen LogP contribution in [0.3, 0.4) is 0 Å². The minimum atomic E-state index is -0.851. The van der Waals surface area contributed by atoms with Crippen molar-refractivity contribution < 1.29 is 28.1 Å². The Labute approximate surface area is 242 Å². The molecule has 0 aromatic heterocycles. The van der Waals surface area contributed by atoms with Gasteiger partial charge in [0.2, 0.25) is 0 Å². The second-order valence-corrected chi connectivity index (χ2v) is 11.6. The predicted octanol–water partition coefficient (Wildman–Crippen LogP) is 7.87. The molecule has 2 atom stereocenters. The lowest BCUT2D eigenvalue weighted by Crippen LogP contribution is -2.51. The third-order valence-electron chi connectivity index (χ3n) is 8.17. The van der Waals surface area contributed by atoms with E-state index in [9.17, 15) is 9.18 Å². The summed E-state index contributed by atoms with van der Waals surface area (Å²) in [6.07, 6.45) is 6.08. The molecular formula is C34H40FNO5. The van der Waals surface area contributed by atoms with Gasteiger partial charge in [0.25, 0.3) is 0 Å². The fraction of sp³-hybridized carbons (Fsp3) is 0.441. The SMILES string of the molecule is COc1ccc(CNc2ccc3c(c2)C(OCCC2CCCCC2)C(OC(=O)c2ccc(F)cc2)C(C)(C)O3)cc1. The molecule has 0 amide bonds. The summed E-state index contributed by atoms with van der Waals surface area (Å²) in [5, 5.41) is 3.49. The van der Waals surface area contributed by atoms with Crippen molar-refractivity contribution in [1.82, 2.24) is 0 Å². The third kappa shape index (κ3) is 7.20. The van der Waals surface area contributed by atoms with E-state index in [1.54, 1.807) is 7.11 Å². The van der Waals surface area contributed by atoms with Gasteiger partial charge in [-0.25, -0.2) is 9.18 Å². The maximum atomic E-state index is 13.5. The number of anilines is 1. The summed E-state index contributed by atoms with van der Waals surface area (Å²) < 4.78 is 37.8. The van der Waals surface area contributed by atoms with Crippen LogP contribution in [0.5, 0.6) is 11.5 Å². The van der Waals surface area contributed by atoms with Gasteiger partial charge in [-0.1, -0.05) is 44.2 Å². The summed E-state index contributed by atoms with van der Waals surface area (Å²) in [6, 6.07) is 19.3. The maximum absolute atomic E-state index is 13.5. The van der Waals surface area contributed by atoms with Crippen LogP contribution in [-0.4, -0.2) is 31.4 Å². The molecule has 7 heteroatoms. The Bertz CT molecular complexity index is 1300. The Morgan fingerprint density at radius 1 is 1.00 bits per heavy atom. The first kappa shape index (κ1) is 28.9. The number of halogens is 1. The number of hydrogen-bond donors (Lipinski definition) is 1. The fourth-order valence-corrected chi connectivity index (χ4v) is 5.78. The summed E-state index contributed by atoms with van der Waals surface area (Å²) in [7, 11) is 1.65.